The van der Waals surface area contributed by atoms with E-state index in [2.05, 4.69) is 20.6 Å². The maximum Gasteiger partial charge on any atom is 0.271 e. The van der Waals surface area contributed by atoms with Crippen molar-refractivity contribution in [1.29, 1.82) is 0 Å². The summed E-state index contributed by atoms with van der Waals surface area (Å²) in [6.07, 6.45) is 8.13. The Hall–Kier alpha value is -2.57. The quantitative estimate of drug-likeness (QED) is 0.898. The molecule has 0 saturated heterocycles. The van der Waals surface area contributed by atoms with Crippen molar-refractivity contribution in [2.24, 2.45) is 0 Å². The minimum Gasteiger partial charge on any atom is -0.348 e. The van der Waals surface area contributed by atoms with Gasteiger partial charge in [-0.2, -0.15) is 0 Å². The highest BCUT2D eigenvalue weighted by molar-refractivity contribution is 5.92. The normalized spacial score (nSPS) is 15.1. The molecule has 0 atom stereocenters. The average Bonchev–Trinajstić information content (AvgIpc) is 2.59. The molecule has 3 rings (SSSR count). The van der Waals surface area contributed by atoms with E-state index in [1.807, 2.05) is 0 Å². The Morgan fingerprint density at radius 3 is 2.54 bits per heavy atom. The molecule has 1 aromatic heterocycles. The summed E-state index contributed by atoms with van der Waals surface area (Å²) in [5.74, 6) is -1.36. The molecule has 2 N–H and O–H groups in total. The molecule has 0 unspecified atom stereocenters. The summed E-state index contributed by atoms with van der Waals surface area (Å²) >= 11 is 0. The van der Waals surface area contributed by atoms with Gasteiger partial charge in [0.05, 0.1) is 18.1 Å². The zero-order valence-electron chi connectivity index (χ0n) is 13.1. The highest BCUT2D eigenvalue weighted by Crippen LogP contribution is 2.19. The number of halogens is 2. The largest absolute Gasteiger partial charge is 0.348 e. The van der Waals surface area contributed by atoms with E-state index in [1.165, 1.54) is 24.9 Å². The Labute approximate surface area is 138 Å². The van der Waals surface area contributed by atoms with Gasteiger partial charge in [-0.25, -0.2) is 18.7 Å². The van der Waals surface area contributed by atoms with Gasteiger partial charge in [0.25, 0.3) is 5.91 Å². The lowest BCUT2D eigenvalue weighted by atomic mass is 9.95. The van der Waals surface area contributed by atoms with Crippen molar-refractivity contribution in [3.05, 3.63) is 47.9 Å². The topological polar surface area (TPSA) is 66.9 Å². The van der Waals surface area contributed by atoms with Gasteiger partial charge in [0.15, 0.2) is 0 Å². The van der Waals surface area contributed by atoms with Crippen molar-refractivity contribution in [3.63, 3.8) is 0 Å². The van der Waals surface area contributed by atoms with Crippen LogP contribution < -0.4 is 10.6 Å². The van der Waals surface area contributed by atoms with Crippen LogP contribution in [0.4, 0.5) is 20.3 Å². The molecule has 7 heteroatoms. The molecule has 24 heavy (non-hydrogen) atoms. The fraction of sp³-hybridized carbons (Fsp3) is 0.353. The Kier molecular flexibility index (Phi) is 4.98. The van der Waals surface area contributed by atoms with Crippen LogP contribution in [0.1, 0.15) is 42.6 Å². The summed E-state index contributed by atoms with van der Waals surface area (Å²) in [5.41, 5.74) is 0.302. The number of aromatic nitrogens is 2. The average molecular weight is 332 g/mol. The lowest BCUT2D eigenvalue weighted by molar-refractivity contribution is 0.0922. The smallest absolute Gasteiger partial charge is 0.271 e. The molecule has 2 aromatic rings. The Balaban J connectivity index is 1.63. The van der Waals surface area contributed by atoms with E-state index in [4.69, 9.17) is 0 Å². The molecule has 0 bridgehead atoms. The molecule has 0 radical (unpaired) electrons. The molecule has 5 nitrogen and oxygen atoms in total. The number of nitrogens with zero attached hydrogens (tertiary/aromatic N) is 2. The first kappa shape index (κ1) is 16.3. The SMILES string of the molecule is O=C(NC1CCCCC1)c1cnc(Nc2ccc(F)cc2F)cn1. The minimum absolute atomic E-state index is 0.0881. The van der Waals surface area contributed by atoms with Crippen LogP contribution in [0.15, 0.2) is 30.6 Å². The summed E-state index contributed by atoms with van der Waals surface area (Å²) in [5, 5.41) is 5.66. The number of carbonyl (C=O) groups excluding carboxylic acids is 1. The molecule has 1 aliphatic rings. The van der Waals surface area contributed by atoms with Crippen LogP contribution in [0.25, 0.3) is 0 Å². The predicted octanol–water partition coefficient (Wildman–Crippen LogP) is 3.56. The Morgan fingerprint density at radius 1 is 1.08 bits per heavy atom. The van der Waals surface area contributed by atoms with Gasteiger partial charge in [-0.1, -0.05) is 19.3 Å². The van der Waals surface area contributed by atoms with Crippen LogP contribution in [0.5, 0.6) is 0 Å². The molecule has 1 fully saturated rings. The fourth-order valence-corrected chi connectivity index (χ4v) is 2.74. The molecular weight excluding hydrogens is 314 g/mol. The maximum absolute atomic E-state index is 13.6. The molecule has 1 aromatic carbocycles. The molecule has 0 spiro atoms. The van der Waals surface area contributed by atoms with E-state index in [-0.39, 0.29) is 29.1 Å². The predicted molar refractivity (Wildman–Crippen MR) is 86.0 cm³/mol. The van der Waals surface area contributed by atoms with E-state index in [0.717, 1.165) is 37.8 Å². The van der Waals surface area contributed by atoms with Crippen molar-refractivity contribution >= 4 is 17.4 Å². The van der Waals surface area contributed by atoms with Crippen molar-refractivity contribution in [1.82, 2.24) is 15.3 Å². The van der Waals surface area contributed by atoms with E-state index in [9.17, 15) is 13.6 Å². The van der Waals surface area contributed by atoms with Gasteiger partial charge in [0, 0.05) is 12.1 Å². The first-order valence-electron chi connectivity index (χ1n) is 7.97. The van der Waals surface area contributed by atoms with Gasteiger partial charge in [-0.15, -0.1) is 0 Å². The van der Waals surface area contributed by atoms with Crippen molar-refractivity contribution in [3.8, 4) is 0 Å². The van der Waals surface area contributed by atoms with E-state index in [1.54, 1.807) is 0 Å². The summed E-state index contributed by atoms with van der Waals surface area (Å²) in [7, 11) is 0. The highest BCUT2D eigenvalue weighted by Gasteiger charge is 2.17. The van der Waals surface area contributed by atoms with Crippen molar-refractivity contribution in [2.45, 2.75) is 38.1 Å². The van der Waals surface area contributed by atoms with Gasteiger partial charge < -0.3 is 10.6 Å². The molecule has 0 aliphatic heterocycles. The second-order valence-electron chi connectivity index (χ2n) is 5.84. The van der Waals surface area contributed by atoms with Crippen LogP contribution in [0.3, 0.4) is 0 Å². The van der Waals surface area contributed by atoms with E-state index in [0.29, 0.717) is 0 Å². The van der Waals surface area contributed by atoms with Gasteiger partial charge in [-0.3, -0.25) is 4.79 Å². The Morgan fingerprint density at radius 2 is 1.88 bits per heavy atom. The Bertz CT molecular complexity index is 715. The zero-order chi connectivity index (χ0) is 16.9. The third-order valence-corrected chi connectivity index (χ3v) is 4.02. The van der Waals surface area contributed by atoms with Gasteiger partial charge in [0.1, 0.15) is 23.1 Å². The molecule has 126 valence electrons. The second kappa shape index (κ2) is 7.33. The van der Waals surface area contributed by atoms with Crippen LogP contribution >= 0.6 is 0 Å². The van der Waals surface area contributed by atoms with Crippen LogP contribution in [-0.2, 0) is 0 Å². The number of amides is 1. The van der Waals surface area contributed by atoms with Crippen molar-refractivity contribution in [2.75, 3.05) is 5.32 Å². The zero-order valence-corrected chi connectivity index (χ0v) is 13.1. The summed E-state index contributed by atoms with van der Waals surface area (Å²) < 4.78 is 26.5. The maximum atomic E-state index is 13.6. The van der Waals surface area contributed by atoms with Gasteiger partial charge >= 0.3 is 0 Å². The standard InChI is InChI=1S/C17H18F2N4O/c18-11-6-7-14(13(19)8-11)23-16-10-20-15(9-21-16)17(24)22-12-4-2-1-3-5-12/h6-10,12H,1-5H2,(H,21,23)(H,22,24). The molecule has 1 amide bonds. The van der Waals surface area contributed by atoms with Crippen LogP contribution in [0.2, 0.25) is 0 Å². The number of hydrogen-bond acceptors (Lipinski definition) is 4. The minimum atomic E-state index is -0.726. The number of benzene rings is 1. The number of rotatable bonds is 4. The first-order valence-corrected chi connectivity index (χ1v) is 7.97. The number of hydrogen-bond donors (Lipinski definition) is 2. The van der Waals surface area contributed by atoms with Crippen LogP contribution in [-0.4, -0.2) is 21.9 Å². The number of anilines is 2. The fourth-order valence-electron chi connectivity index (χ4n) is 2.74. The molecule has 1 aliphatic carbocycles. The van der Waals surface area contributed by atoms with Crippen molar-refractivity contribution < 1.29 is 13.6 Å². The number of carbonyl (C=O) groups is 1. The van der Waals surface area contributed by atoms with E-state index < -0.39 is 11.6 Å². The number of nitrogens with one attached hydrogen (secondary N) is 2. The lowest BCUT2D eigenvalue weighted by Crippen LogP contribution is -2.36. The summed E-state index contributed by atoms with van der Waals surface area (Å²) in [4.78, 5) is 20.2. The van der Waals surface area contributed by atoms with Crippen LogP contribution in [0, 0.1) is 11.6 Å². The third-order valence-electron chi connectivity index (χ3n) is 4.02. The van der Waals surface area contributed by atoms with Gasteiger partial charge in [0.2, 0.25) is 0 Å². The highest BCUT2D eigenvalue weighted by atomic mass is 19.1. The lowest BCUT2D eigenvalue weighted by Gasteiger charge is -2.22. The monoisotopic (exact) mass is 332 g/mol. The second-order valence-corrected chi connectivity index (χ2v) is 5.84. The van der Waals surface area contributed by atoms with Gasteiger partial charge in [-0.05, 0) is 25.0 Å². The summed E-state index contributed by atoms with van der Waals surface area (Å²) in [6.45, 7) is 0. The first-order chi connectivity index (χ1) is 11.6. The summed E-state index contributed by atoms with van der Waals surface area (Å²) in [6, 6.07) is 3.39. The van der Waals surface area contributed by atoms with E-state index >= 15 is 0 Å². The third kappa shape index (κ3) is 4.04. The molecule has 1 heterocycles. The molecular formula is C17H18F2N4O. The molecule has 1 saturated carbocycles.